The van der Waals surface area contributed by atoms with Crippen molar-refractivity contribution in [1.82, 2.24) is 15.3 Å². The molecule has 1 saturated carbocycles. The quantitative estimate of drug-likeness (QED) is 0.227. The summed E-state index contributed by atoms with van der Waals surface area (Å²) in [6, 6.07) is 0.695. The number of ether oxygens (including phenoxy) is 4. The van der Waals surface area contributed by atoms with Crippen molar-refractivity contribution >= 4 is 52.6 Å². The van der Waals surface area contributed by atoms with Crippen LogP contribution in [-0.2, 0) is 20.8 Å². The maximum atomic E-state index is 13.8. The fourth-order valence-electron chi connectivity index (χ4n) is 6.02. The first-order chi connectivity index (χ1) is 21.6. The summed E-state index contributed by atoms with van der Waals surface area (Å²) in [5.74, 6) is 1.28. The highest BCUT2D eigenvalue weighted by molar-refractivity contribution is 6.42. The minimum absolute atomic E-state index is 0.118. The maximum absolute atomic E-state index is 13.8. The molecule has 2 aromatic rings. The van der Waals surface area contributed by atoms with Crippen LogP contribution in [0.2, 0.25) is 10.0 Å². The van der Waals surface area contributed by atoms with Gasteiger partial charge in [-0.15, -0.1) is 0 Å². The molecule has 0 radical (unpaired) electrons. The molecule has 45 heavy (non-hydrogen) atoms. The molecule has 0 spiro atoms. The van der Waals surface area contributed by atoms with Crippen LogP contribution in [0.5, 0.6) is 11.5 Å². The van der Waals surface area contributed by atoms with E-state index in [4.69, 9.17) is 52.1 Å². The van der Waals surface area contributed by atoms with Gasteiger partial charge in [0.15, 0.2) is 0 Å². The highest BCUT2D eigenvalue weighted by Crippen LogP contribution is 2.48. The van der Waals surface area contributed by atoms with Crippen LogP contribution < -0.4 is 29.5 Å². The summed E-state index contributed by atoms with van der Waals surface area (Å²) in [5, 5.41) is 3.45. The fraction of sp³-hybridized carbons (Fsp3) is 0.548. The average Bonchev–Trinajstić information content (AvgIpc) is 3.05. The van der Waals surface area contributed by atoms with Gasteiger partial charge in [-0.2, -0.15) is 4.98 Å². The summed E-state index contributed by atoms with van der Waals surface area (Å²) in [4.78, 5) is 41.1. The first-order valence-corrected chi connectivity index (χ1v) is 15.7. The highest BCUT2D eigenvalue weighted by atomic mass is 35.5. The van der Waals surface area contributed by atoms with E-state index in [2.05, 4.69) is 23.7 Å². The third-order valence-corrected chi connectivity index (χ3v) is 9.16. The van der Waals surface area contributed by atoms with Gasteiger partial charge in [-0.25, -0.2) is 9.78 Å². The number of fused-ring (bicyclic) bond motifs is 1. The highest BCUT2D eigenvalue weighted by Gasteiger charge is 2.42. The second kappa shape index (κ2) is 15.3. The number of nitrogens with one attached hydrogen (secondary N) is 1. The molecule has 1 aliphatic carbocycles. The topological polar surface area (TPSA) is 119 Å². The molecule has 12 nitrogen and oxygen atoms in total. The van der Waals surface area contributed by atoms with Crippen molar-refractivity contribution in [3.63, 3.8) is 0 Å². The largest absolute Gasteiger partial charge is 0.495 e. The molecule has 0 bridgehead atoms. The van der Waals surface area contributed by atoms with Crippen molar-refractivity contribution in [3.8, 4) is 11.5 Å². The van der Waals surface area contributed by atoms with Crippen molar-refractivity contribution in [3.05, 3.63) is 40.5 Å². The first kappa shape index (κ1) is 34.6. The number of carbonyl (C=O) groups is 2. The van der Waals surface area contributed by atoms with E-state index in [1.165, 1.54) is 30.1 Å². The van der Waals surface area contributed by atoms with Crippen LogP contribution >= 0.6 is 23.2 Å². The van der Waals surface area contributed by atoms with Crippen LogP contribution in [0.3, 0.4) is 0 Å². The van der Waals surface area contributed by atoms with Gasteiger partial charge in [0.1, 0.15) is 27.4 Å². The van der Waals surface area contributed by atoms with Gasteiger partial charge in [0, 0.05) is 45.6 Å². The molecule has 0 saturated heterocycles. The first-order valence-electron chi connectivity index (χ1n) is 14.9. The van der Waals surface area contributed by atoms with E-state index in [0.29, 0.717) is 48.2 Å². The number of methoxy groups -OCH3 is 4. The molecule has 1 aromatic heterocycles. The van der Waals surface area contributed by atoms with Gasteiger partial charge < -0.3 is 29.2 Å². The summed E-state index contributed by atoms with van der Waals surface area (Å²) >= 11 is 13.3. The van der Waals surface area contributed by atoms with E-state index in [-0.39, 0.29) is 58.5 Å². The Morgan fingerprint density at radius 3 is 2.33 bits per heavy atom. The number of aromatic nitrogens is 2. The van der Waals surface area contributed by atoms with Gasteiger partial charge >= 0.3 is 6.03 Å². The zero-order valence-electron chi connectivity index (χ0n) is 26.6. The second-order valence-corrected chi connectivity index (χ2v) is 11.8. The third kappa shape index (κ3) is 7.09. The van der Waals surface area contributed by atoms with Crippen molar-refractivity contribution < 1.29 is 28.5 Å². The van der Waals surface area contributed by atoms with Crippen LogP contribution in [0.15, 0.2) is 24.9 Å². The van der Waals surface area contributed by atoms with E-state index >= 15 is 0 Å². The Morgan fingerprint density at radius 1 is 1.11 bits per heavy atom. The van der Waals surface area contributed by atoms with Gasteiger partial charge in [0.25, 0.3) is 0 Å². The van der Waals surface area contributed by atoms with Gasteiger partial charge in [-0.05, 0) is 25.3 Å². The molecule has 1 aromatic carbocycles. The molecular formula is C31H42Cl2N6O6. The molecule has 246 valence electrons. The van der Waals surface area contributed by atoms with E-state index in [1.54, 1.807) is 33.5 Å². The Kier molecular flexibility index (Phi) is 11.8. The van der Waals surface area contributed by atoms with Gasteiger partial charge in [0.2, 0.25) is 11.9 Å². The number of unbranched alkanes of at least 4 members (excludes halogenated alkanes) is 2. The predicted molar refractivity (Wildman–Crippen MR) is 175 cm³/mol. The number of benzene rings is 1. The Morgan fingerprint density at radius 2 is 1.76 bits per heavy atom. The number of rotatable bonds is 13. The number of anilines is 3. The molecular weight excluding hydrogens is 623 g/mol. The number of hydrogen-bond acceptors (Lipinski definition) is 9. The minimum Gasteiger partial charge on any atom is -0.495 e. The lowest BCUT2D eigenvalue weighted by Crippen LogP contribution is -2.60. The Labute approximate surface area is 274 Å². The number of amides is 3. The van der Waals surface area contributed by atoms with Crippen LogP contribution in [0.1, 0.15) is 44.6 Å². The van der Waals surface area contributed by atoms with Crippen LogP contribution in [0.4, 0.5) is 22.2 Å². The summed E-state index contributed by atoms with van der Waals surface area (Å²) < 4.78 is 22.4. The van der Waals surface area contributed by atoms with Gasteiger partial charge in [-0.1, -0.05) is 49.5 Å². The normalized spacial score (nSPS) is 21.3. The maximum Gasteiger partial charge on any atom is 0.330 e. The van der Waals surface area contributed by atoms with Gasteiger partial charge in [0.05, 0.1) is 50.7 Å². The number of hydrogen-bond donors (Lipinski definition) is 1. The van der Waals surface area contributed by atoms with Crippen molar-refractivity contribution in [2.24, 2.45) is 0 Å². The lowest BCUT2D eigenvalue weighted by atomic mass is 9.84. The predicted octanol–water partition coefficient (Wildman–Crippen LogP) is 5.24. The zero-order chi connectivity index (χ0) is 32.8. The lowest BCUT2D eigenvalue weighted by Gasteiger charge is -2.45. The second-order valence-electron chi connectivity index (χ2n) is 11.0. The number of nitrogens with zero attached hydrogens (tertiary/aromatic N) is 5. The summed E-state index contributed by atoms with van der Waals surface area (Å²) in [6.07, 6.45) is 6.60. The fourth-order valence-corrected chi connectivity index (χ4v) is 6.72. The minimum atomic E-state index is -0.389. The van der Waals surface area contributed by atoms with Crippen molar-refractivity contribution in [2.45, 2.75) is 69.9 Å². The monoisotopic (exact) mass is 664 g/mol. The summed E-state index contributed by atoms with van der Waals surface area (Å²) in [6.45, 7) is 6.53. The number of carbonyl (C=O) groups excluding carboxylic acids is 2. The third-order valence-electron chi connectivity index (χ3n) is 8.43. The van der Waals surface area contributed by atoms with Crippen molar-refractivity contribution in [2.75, 3.05) is 56.7 Å². The van der Waals surface area contributed by atoms with E-state index < -0.39 is 0 Å². The number of halogens is 2. The lowest BCUT2D eigenvalue weighted by molar-refractivity contribution is -0.119. The molecule has 4 atom stereocenters. The van der Waals surface area contributed by atoms with Gasteiger partial charge in [-0.3, -0.25) is 14.6 Å². The molecule has 1 aliphatic heterocycles. The molecule has 4 unspecified atom stereocenters. The van der Waals surface area contributed by atoms with Crippen molar-refractivity contribution in [1.29, 1.82) is 0 Å². The standard InChI is InChI=1S/C31H42Cl2N6O6/c1-8-10-11-12-38(20-14-22(43-5)21(42-4)13-19(20)35-25(40)9-2)30-34-16-18-17-39(31(41)37(3)29(18)36-30)28-26(32)23(44-6)15-24(45-7)27(28)33/h9,15-16,19-22H,2,8,10-14,17H2,1,3-7H3,(H,35,40). The molecule has 4 rings (SSSR count). The Bertz CT molecular complexity index is 1370. The van der Waals surface area contributed by atoms with Crippen LogP contribution in [-0.4, -0.2) is 88.2 Å². The number of urea groups is 1. The SMILES string of the molecule is C=CC(=O)NC1CC(OC)C(OC)CC1N(CCCCC)c1ncc2c(n1)N(C)C(=O)N(c1c(Cl)c(OC)cc(OC)c1Cl)C2. The Hall–Kier alpha value is -3.32. The molecule has 14 heteroatoms. The molecule has 1 fully saturated rings. The molecule has 2 aliphatic rings. The molecule has 1 N–H and O–H groups in total. The smallest absolute Gasteiger partial charge is 0.330 e. The summed E-state index contributed by atoms with van der Waals surface area (Å²) in [7, 11) is 7.90. The Balaban J connectivity index is 1.75. The van der Waals surface area contributed by atoms with Crippen LogP contribution in [0.25, 0.3) is 0 Å². The van der Waals surface area contributed by atoms with Crippen LogP contribution in [0, 0.1) is 0 Å². The summed E-state index contributed by atoms with van der Waals surface area (Å²) in [5.41, 5.74) is 0.960. The van der Waals surface area contributed by atoms with E-state index in [0.717, 1.165) is 19.3 Å². The van der Waals surface area contributed by atoms with E-state index in [9.17, 15) is 9.59 Å². The molecule has 3 amide bonds. The average molecular weight is 666 g/mol. The molecule has 2 heterocycles. The zero-order valence-corrected chi connectivity index (χ0v) is 28.2. The van der Waals surface area contributed by atoms with E-state index in [1.807, 2.05) is 0 Å².